The van der Waals surface area contributed by atoms with Gasteiger partial charge in [-0.2, -0.15) is 0 Å². The highest BCUT2D eigenvalue weighted by Gasteiger charge is 2.21. The first kappa shape index (κ1) is 16.5. The molecule has 0 unspecified atom stereocenters. The Bertz CT molecular complexity index is 421. The largest absolute Gasteiger partial charge is 0.497 e. The van der Waals surface area contributed by atoms with Crippen molar-refractivity contribution in [3.05, 3.63) is 29.8 Å². The minimum atomic E-state index is -0.469. The third kappa shape index (κ3) is 5.61. The first-order valence-electron chi connectivity index (χ1n) is 7.05. The van der Waals surface area contributed by atoms with Crippen LogP contribution in [-0.2, 0) is 11.3 Å². The highest BCUT2D eigenvalue weighted by Crippen LogP contribution is 2.15. The molecule has 4 nitrogen and oxygen atoms in total. The molecule has 0 radical (unpaired) electrons. The van der Waals surface area contributed by atoms with Gasteiger partial charge in [-0.3, -0.25) is 4.79 Å². The second-order valence-corrected chi connectivity index (χ2v) is 5.83. The molecule has 112 valence electrons. The zero-order valence-corrected chi connectivity index (χ0v) is 13.0. The number of carbonyl (C=O) groups excluding carboxylic acids is 1. The molecule has 20 heavy (non-hydrogen) atoms. The van der Waals surface area contributed by atoms with E-state index in [2.05, 4.69) is 6.92 Å². The van der Waals surface area contributed by atoms with Crippen molar-refractivity contribution in [2.24, 2.45) is 5.73 Å². The quantitative estimate of drug-likeness (QED) is 0.834. The van der Waals surface area contributed by atoms with Crippen molar-refractivity contribution in [1.82, 2.24) is 4.90 Å². The van der Waals surface area contributed by atoms with Crippen LogP contribution in [0, 0.1) is 0 Å². The van der Waals surface area contributed by atoms with Crippen LogP contribution in [-0.4, -0.2) is 30.0 Å². The summed E-state index contributed by atoms with van der Waals surface area (Å²) in [6.45, 7) is 7.19. The zero-order chi connectivity index (χ0) is 15.2. The standard InChI is InChI=1S/C16H26N2O2/c1-5-10-18(15(19)11-16(2,3)17)12-13-6-8-14(20-4)9-7-13/h6-9H,5,10-12,17H2,1-4H3. The SMILES string of the molecule is CCCN(Cc1ccc(OC)cc1)C(=O)CC(C)(C)N. The van der Waals surface area contributed by atoms with E-state index in [-0.39, 0.29) is 5.91 Å². The molecule has 1 aromatic rings. The third-order valence-electron chi connectivity index (χ3n) is 2.99. The average molecular weight is 278 g/mol. The summed E-state index contributed by atoms with van der Waals surface area (Å²) in [5.41, 5.74) is 6.57. The lowest BCUT2D eigenvalue weighted by atomic mass is 10.0. The maximum absolute atomic E-state index is 12.3. The monoisotopic (exact) mass is 278 g/mol. The van der Waals surface area contributed by atoms with Crippen molar-refractivity contribution < 1.29 is 9.53 Å². The summed E-state index contributed by atoms with van der Waals surface area (Å²) in [5.74, 6) is 0.931. The van der Waals surface area contributed by atoms with Crippen LogP contribution in [0.2, 0.25) is 0 Å². The van der Waals surface area contributed by atoms with Crippen molar-refractivity contribution in [1.29, 1.82) is 0 Å². The smallest absolute Gasteiger partial charge is 0.224 e. The number of nitrogens with two attached hydrogens (primary N) is 1. The van der Waals surface area contributed by atoms with Gasteiger partial charge in [-0.15, -0.1) is 0 Å². The number of rotatable bonds is 7. The lowest BCUT2D eigenvalue weighted by molar-refractivity contribution is -0.132. The average Bonchev–Trinajstić information content (AvgIpc) is 2.37. The predicted molar refractivity (Wildman–Crippen MR) is 81.6 cm³/mol. The van der Waals surface area contributed by atoms with Crippen molar-refractivity contribution in [3.8, 4) is 5.75 Å². The molecular formula is C16H26N2O2. The van der Waals surface area contributed by atoms with Crippen molar-refractivity contribution in [3.63, 3.8) is 0 Å². The molecule has 0 aromatic heterocycles. The molecule has 4 heteroatoms. The van der Waals surface area contributed by atoms with Gasteiger partial charge in [0.1, 0.15) is 5.75 Å². The molecule has 0 fully saturated rings. The molecule has 1 rings (SSSR count). The van der Waals surface area contributed by atoms with Crippen LogP contribution < -0.4 is 10.5 Å². The molecule has 1 aromatic carbocycles. The fourth-order valence-electron chi connectivity index (χ4n) is 2.01. The molecule has 0 aliphatic heterocycles. The van der Waals surface area contributed by atoms with Crippen LogP contribution in [0.4, 0.5) is 0 Å². The number of hydrogen-bond donors (Lipinski definition) is 1. The second-order valence-electron chi connectivity index (χ2n) is 5.83. The minimum Gasteiger partial charge on any atom is -0.497 e. The van der Waals surface area contributed by atoms with Gasteiger partial charge >= 0.3 is 0 Å². The van der Waals surface area contributed by atoms with Crippen LogP contribution in [0.25, 0.3) is 0 Å². The summed E-state index contributed by atoms with van der Waals surface area (Å²) in [6, 6.07) is 7.80. The normalized spacial score (nSPS) is 11.2. The van der Waals surface area contributed by atoms with Gasteiger partial charge in [0.15, 0.2) is 0 Å². The van der Waals surface area contributed by atoms with Crippen LogP contribution in [0.1, 0.15) is 39.2 Å². The Morgan fingerprint density at radius 1 is 1.30 bits per heavy atom. The van der Waals surface area contributed by atoms with E-state index >= 15 is 0 Å². The van der Waals surface area contributed by atoms with Gasteiger partial charge in [0.2, 0.25) is 5.91 Å². The van der Waals surface area contributed by atoms with Crippen LogP contribution in [0.5, 0.6) is 5.75 Å². The number of ether oxygens (including phenoxy) is 1. The van der Waals surface area contributed by atoms with Gasteiger partial charge in [-0.05, 0) is 38.0 Å². The third-order valence-corrected chi connectivity index (χ3v) is 2.99. The highest BCUT2D eigenvalue weighted by molar-refractivity contribution is 5.77. The fourth-order valence-corrected chi connectivity index (χ4v) is 2.01. The summed E-state index contributed by atoms with van der Waals surface area (Å²) in [5, 5.41) is 0. The first-order chi connectivity index (χ1) is 9.35. The molecule has 2 N–H and O–H groups in total. The van der Waals surface area contributed by atoms with Gasteiger partial charge in [0.05, 0.1) is 7.11 Å². The molecule has 1 amide bonds. The summed E-state index contributed by atoms with van der Waals surface area (Å²) in [7, 11) is 1.64. The Labute approximate surface area is 121 Å². The van der Waals surface area contributed by atoms with Gasteiger partial charge < -0.3 is 15.4 Å². The molecule has 0 bridgehead atoms. The van der Waals surface area contributed by atoms with Gasteiger partial charge in [0.25, 0.3) is 0 Å². The number of hydrogen-bond acceptors (Lipinski definition) is 3. The second kappa shape index (κ2) is 7.29. The summed E-state index contributed by atoms with van der Waals surface area (Å²) < 4.78 is 5.14. The molecule has 0 saturated carbocycles. The van der Waals surface area contributed by atoms with Crippen molar-refractivity contribution in [2.75, 3.05) is 13.7 Å². The molecule has 0 aliphatic carbocycles. The Morgan fingerprint density at radius 2 is 1.90 bits per heavy atom. The van der Waals surface area contributed by atoms with Crippen LogP contribution in [0.3, 0.4) is 0 Å². The molecule has 0 aliphatic rings. The lowest BCUT2D eigenvalue weighted by Gasteiger charge is -2.26. The van der Waals surface area contributed by atoms with Crippen LogP contribution >= 0.6 is 0 Å². The van der Waals surface area contributed by atoms with E-state index in [0.29, 0.717) is 13.0 Å². The molecular weight excluding hydrogens is 252 g/mol. The zero-order valence-electron chi connectivity index (χ0n) is 13.0. The topological polar surface area (TPSA) is 55.6 Å². The lowest BCUT2D eigenvalue weighted by Crippen LogP contribution is -2.41. The highest BCUT2D eigenvalue weighted by atomic mass is 16.5. The van der Waals surface area contributed by atoms with Gasteiger partial charge in [0, 0.05) is 25.0 Å². The number of amides is 1. The van der Waals surface area contributed by atoms with E-state index in [0.717, 1.165) is 24.3 Å². The Hall–Kier alpha value is -1.55. The number of carbonyl (C=O) groups is 1. The fraction of sp³-hybridized carbons (Fsp3) is 0.562. The number of nitrogens with zero attached hydrogens (tertiary/aromatic N) is 1. The van der Waals surface area contributed by atoms with Crippen molar-refractivity contribution in [2.45, 2.75) is 45.7 Å². The van der Waals surface area contributed by atoms with E-state index in [9.17, 15) is 4.79 Å². The molecule has 0 spiro atoms. The van der Waals surface area contributed by atoms with E-state index in [1.807, 2.05) is 43.0 Å². The molecule has 0 saturated heterocycles. The number of benzene rings is 1. The Balaban J connectivity index is 2.72. The van der Waals surface area contributed by atoms with Crippen molar-refractivity contribution >= 4 is 5.91 Å². The Morgan fingerprint density at radius 3 is 2.35 bits per heavy atom. The number of methoxy groups -OCH3 is 1. The summed E-state index contributed by atoms with van der Waals surface area (Å²) >= 11 is 0. The minimum absolute atomic E-state index is 0.107. The van der Waals surface area contributed by atoms with E-state index < -0.39 is 5.54 Å². The predicted octanol–water partition coefficient (Wildman–Crippen LogP) is 2.56. The summed E-state index contributed by atoms with van der Waals surface area (Å²) in [6.07, 6.45) is 1.30. The molecule has 0 heterocycles. The van der Waals surface area contributed by atoms with E-state index in [4.69, 9.17) is 10.5 Å². The first-order valence-corrected chi connectivity index (χ1v) is 7.05. The van der Waals surface area contributed by atoms with Gasteiger partial charge in [-0.25, -0.2) is 0 Å². The molecule has 0 atom stereocenters. The Kier molecular flexibility index (Phi) is 6.02. The van der Waals surface area contributed by atoms with Crippen LogP contribution in [0.15, 0.2) is 24.3 Å². The van der Waals surface area contributed by atoms with Gasteiger partial charge in [-0.1, -0.05) is 19.1 Å². The maximum atomic E-state index is 12.3. The van der Waals surface area contributed by atoms with E-state index in [1.54, 1.807) is 7.11 Å². The van der Waals surface area contributed by atoms with E-state index in [1.165, 1.54) is 0 Å². The maximum Gasteiger partial charge on any atom is 0.224 e. The summed E-state index contributed by atoms with van der Waals surface area (Å²) in [4.78, 5) is 14.2.